The topological polar surface area (TPSA) is 214 Å². The number of aromatic nitrogens is 2. The van der Waals surface area contributed by atoms with Crippen LogP contribution in [-0.2, 0) is 49.1 Å². The highest BCUT2D eigenvalue weighted by Gasteiger charge is 2.25. The van der Waals surface area contributed by atoms with Crippen LogP contribution >= 0.6 is 23.2 Å². The van der Waals surface area contributed by atoms with Gasteiger partial charge in [-0.3, -0.25) is 35.2 Å². The van der Waals surface area contributed by atoms with E-state index < -0.39 is 36.2 Å². The van der Waals surface area contributed by atoms with Gasteiger partial charge in [-0.05, 0) is 97.8 Å². The predicted molar refractivity (Wildman–Crippen MR) is 268 cm³/mol. The van der Waals surface area contributed by atoms with E-state index in [9.17, 15) is 30.0 Å². The molecule has 0 saturated heterocycles. The number of aliphatic hydroxyl groups is 2. The van der Waals surface area contributed by atoms with E-state index in [-0.39, 0.29) is 44.5 Å². The zero-order valence-corrected chi connectivity index (χ0v) is 41.2. The molecule has 0 aliphatic heterocycles. The molecule has 0 aliphatic carbocycles. The maximum absolute atomic E-state index is 11.8. The van der Waals surface area contributed by atoms with Gasteiger partial charge in [0.15, 0.2) is 0 Å². The van der Waals surface area contributed by atoms with Gasteiger partial charge in [0, 0.05) is 91.1 Å². The number of hydrogen-bond acceptors (Lipinski definition) is 13. The number of aliphatic hydroxyl groups excluding tert-OH is 2. The Morgan fingerprint density at radius 3 is 1.49 bits per heavy atom. The van der Waals surface area contributed by atoms with Gasteiger partial charge < -0.3 is 39.4 Å². The molecule has 70 heavy (non-hydrogen) atoms. The van der Waals surface area contributed by atoms with Crippen molar-refractivity contribution in [1.82, 2.24) is 20.6 Å². The summed E-state index contributed by atoms with van der Waals surface area (Å²) in [5.41, 5.74) is 10.3. The molecule has 4 aromatic carbocycles. The second kappa shape index (κ2) is 24.8. The number of hydrogen-bond donors (Lipinski definition) is 6. The average Bonchev–Trinajstić information content (AvgIpc) is 3.31. The average molecular weight is 995 g/mol. The summed E-state index contributed by atoms with van der Waals surface area (Å²) in [6.07, 6.45) is 6.21. The molecule has 0 unspecified atom stereocenters. The number of nitrogens with one attached hydrogen (secondary N) is 2. The number of aliphatic imine (C=N–C) groups is 1. The Morgan fingerprint density at radius 2 is 1.06 bits per heavy atom. The van der Waals surface area contributed by atoms with Gasteiger partial charge in [-0.25, -0.2) is 0 Å². The van der Waals surface area contributed by atoms with Gasteiger partial charge >= 0.3 is 11.9 Å². The standard InChI is InChI=1S/C53H57Cl2N5O10/c1-30-13-36(22-57-19-30)26-67-46-17-48(44(54)15-40(46)24-59-50(33(4)61)52(63)64)69-28-38-9-7-11-42(31(38)2)43-12-8-10-39(32(43)3)29-70-49-18-47(68-27-37-14-35(20-56-6)21-58-23-37)41(16-45(49)55)25-60-51(34(5)62)53(65)66/h7-23,33-34,50-51,59-62H,24-29H2,1-6H3,(H,63,64)(H,65,66)/t33-,34+,50-,51-/m1/s1. The van der Waals surface area contributed by atoms with Crippen molar-refractivity contribution in [2.45, 2.75) is 98.4 Å². The molecule has 0 fully saturated rings. The van der Waals surface area contributed by atoms with Crippen molar-refractivity contribution in [3.8, 4) is 34.1 Å². The molecule has 0 radical (unpaired) electrons. The first kappa shape index (κ1) is 52.8. The molecule has 0 amide bonds. The Morgan fingerprint density at radius 1 is 0.614 bits per heavy atom. The van der Waals surface area contributed by atoms with Crippen LogP contribution < -0.4 is 29.6 Å². The van der Waals surface area contributed by atoms with Crippen molar-refractivity contribution in [2.24, 2.45) is 4.99 Å². The monoisotopic (exact) mass is 993 g/mol. The number of rotatable bonds is 24. The van der Waals surface area contributed by atoms with Crippen LogP contribution in [0.5, 0.6) is 23.0 Å². The van der Waals surface area contributed by atoms with Gasteiger partial charge in [-0.1, -0.05) is 59.6 Å². The molecule has 2 aromatic heterocycles. The molecule has 6 rings (SSSR count). The molecular weight excluding hydrogens is 938 g/mol. The van der Waals surface area contributed by atoms with Crippen LogP contribution in [0.4, 0.5) is 0 Å². The van der Waals surface area contributed by atoms with Crippen molar-refractivity contribution in [3.63, 3.8) is 0 Å². The van der Waals surface area contributed by atoms with Crippen LogP contribution in [0.2, 0.25) is 10.0 Å². The number of halogens is 2. The molecule has 368 valence electrons. The number of carboxylic acids is 2. The second-order valence-electron chi connectivity index (χ2n) is 16.9. The molecule has 4 atom stereocenters. The Bertz CT molecular complexity index is 2820. The van der Waals surface area contributed by atoms with Crippen LogP contribution in [0.25, 0.3) is 11.1 Å². The van der Waals surface area contributed by atoms with Crippen LogP contribution in [0.1, 0.15) is 69.5 Å². The number of ether oxygens (including phenoxy) is 4. The largest absolute Gasteiger partial charge is 0.488 e. The number of carbonyl (C=O) groups is 2. The fourth-order valence-corrected chi connectivity index (χ4v) is 8.17. The number of aryl methyl sites for hydroxylation is 1. The minimum Gasteiger partial charge on any atom is -0.488 e. The van der Waals surface area contributed by atoms with Gasteiger partial charge in [-0.2, -0.15) is 0 Å². The number of nitrogens with zero attached hydrogens (tertiary/aromatic N) is 3. The first-order valence-electron chi connectivity index (χ1n) is 22.4. The summed E-state index contributed by atoms with van der Waals surface area (Å²) in [7, 11) is 1.67. The van der Waals surface area contributed by atoms with E-state index in [4.69, 9.17) is 42.1 Å². The summed E-state index contributed by atoms with van der Waals surface area (Å²) < 4.78 is 25.3. The Hall–Kier alpha value is -6.59. The Kier molecular flexibility index (Phi) is 18.7. The number of benzene rings is 4. The fraction of sp³-hybridized carbons (Fsp3) is 0.302. The van der Waals surface area contributed by atoms with Crippen LogP contribution in [0.15, 0.2) is 103 Å². The van der Waals surface area contributed by atoms with Crippen molar-refractivity contribution in [1.29, 1.82) is 0 Å². The number of carboxylic acid groups (broad SMARTS) is 2. The van der Waals surface area contributed by atoms with Gasteiger partial charge in [0.1, 0.15) is 61.5 Å². The van der Waals surface area contributed by atoms with Crippen molar-refractivity contribution >= 4 is 41.4 Å². The summed E-state index contributed by atoms with van der Waals surface area (Å²) in [6.45, 7) is 9.52. The predicted octanol–water partition coefficient (Wildman–Crippen LogP) is 8.59. The lowest BCUT2D eigenvalue weighted by Gasteiger charge is -2.20. The van der Waals surface area contributed by atoms with E-state index in [1.807, 2.05) is 69.3 Å². The van der Waals surface area contributed by atoms with E-state index in [1.165, 1.54) is 13.8 Å². The second-order valence-corrected chi connectivity index (χ2v) is 17.7. The molecule has 17 heteroatoms. The van der Waals surface area contributed by atoms with Crippen molar-refractivity contribution in [2.75, 3.05) is 7.05 Å². The van der Waals surface area contributed by atoms with Crippen LogP contribution in [0, 0.1) is 20.8 Å². The van der Waals surface area contributed by atoms with Gasteiger partial charge in [0.25, 0.3) is 0 Å². The van der Waals surface area contributed by atoms with E-state index in [1.54, 1.807) is 62.3 Å². The third kappa shape index (κ3) is 14.0. The first-order chi connectivity index (χ1) is 33.5. The first-order valence-corrected chi connectivity index (χ1v) is 23.2. The highest BCUT2D eigenvalue weighted by molar-refractivity contribution is 6.32. The lowest BCUT2D eigenvalue weighted by Crippen LogP contribution is -2.44. The van der Waals surface area contributed by atoms with Crippen LogP contribution in [0.3, 0.4) is 0 Å². The van der Waals surface area contributed by atoms with Crippen LogP contribution in [-0.4, -0.2) is 79.9 Å². The zero-order valence-electron chi connectivity index (χ0n) is 39.7. The summed E-state index contributed by atoms with van der Waals surface area (Å²) in [6, 6.07) is 20.1. The highest BCUT2D eigenvalue weighted by Crippen LogP contribution is 2.37. The molecule has 15 nitrogen and oxygen atoms in total. The molecule has 0 bridgehead atoms. The molecule has 0 saturated carbocycles. The SMILES string of the molecule is CN=Cc1cncc(COc2cc(OCc3cccc(-c4cccc(COc5cc(OCc6cncc(C)c6)c(CN[C@@H](C(=O)O)[C@@H](C)O)cc5Cl)c4C)c3C)c(Cl)cc2CN[C@@H](C(=O)O)[C@H](C)O)c1. The van der Waals surface area contributed by atoms with E-state index in [0.29, 0.717) is 39.1 Å². The molecule has 6 N–H and O–H groups in total. The molecule has 0 aliphatic rings. The molecule has 6 aromatic rings. The smallest absolute Gasteiger partial charge is 0.323 e. The van der Waals surface area contributed by atoms with E-state index in [0.717, 1.165) is 55.6 Å². The van der Waals surface area contributed by atoms with Gasteiger partial charge in [-0.15, -0.1) is 0 Å². The maximum Gasteiger partial charge on any atom is 0.323 e. The third-order valence-electron chi connectivity index (χ3n) is 11.5. The van der Waals surface area contributed by atoms with Gasteiger partial charge in [0.2, 0.25) is 0 Å². The summed E-state index contributed by atoms with van der Waals surface area (Å²) >= 11 is 13.6. The molecule has 0 spiro atoms. The summed E-state index contributed by atoms with van der Waals surface area (Å²) in [5, 5.41) is 45.8. The lowest BCUT2D eigenvalue weighted by molar-refractivity contribution is -0.143. The van der Waals surface area contributed by atoms with Gasteiger partial charge in [0.05, 0.1) is 22.3 Å². The fourth-order valence-electron chi connectivity index (χ4n) is 7.69. The van der Waals surface area contributed by atoms with Crippen molar-refractivity contribution in [3.05, 3.63) is 163 Å². The number of aliphatic carboxylic acids is 2. The third-order valence-corrected chi connectivity index (χ3v) is 12.1. The molecule has 2 heterocycles. The normalized spacial score (nSPS) is 13.1. The Labute approximate surface area is 417 Å². The minimum atomic E-state index is -1.23. The van der Waals surface area contributed by atoms with E-state index >= 15 is 0 Å². The highest BCUT2D eigenvalue weighted by atomic mass is 35.5. The van der Waals surface area contributed by atoms with E-state index in [2.05, 4.69) is 25.6 Å². The van der Waals surface area contributed by atoms with Crippen molar-refractivity contribution < 1.29 is 49.0 Å². The Balaban J connectivity index is 1.21. The quantitative estimate of drug-likeness (QED) is 0.0314. The minimum absolute atomic E-state index is 0.0315. The molecular formula is C53H57Cl2N5O10. The summed E-state index contributed by atoms with van der Waals surface area (Å²) in [4.78, 5) is 36.3. The zero-order chi connectivity index (χ0) is 50.5. The maximum atomic E-state index is 11.8. The summed E-state index contributed by atoms with van der Waals surface area (Å²) in [5.74, 6) is -0.855. The number of pyridine rings is 2. The lowest BCUT2D eigenvalue weighted by atomic mass is 9.92.